The van der Waals surface area contributed by atoms with E-state index in [1.807, 2.05) is 0 Å². The van der Waals surface area contributed by atoms with Crippen LogP contribution in [0.1, 0.15) is 55.4 Å². The van der Waals surface area contributed by atoms with Gasteiger partial charge >= 0.3 is 35.8 Å². The Morgan fingerprint density at radius 2 is 0.588 bits per heavy atom. The van der Waals surface area contributed by atoms with Gasteiger partial charge in [-0.3, -0.25) is 28.8 Å². The van der Waals surface area contributed by atoms with Crippen LogP contribution in [0, 0.1) is 0 Å². The Balaban J connectivity index is -0.000000488. The topological polar surface area (TPSA) is 175 Å². The molecular formula is C21H34O13. The maximum atomic E-state index is 10.6. The molecule has 0 aromatic rings. The molecule has 34 heavy (non-hydrogen) atoms. The Morgan fingerprint density at radius 1 is 0.412 bits per heavy atom. The Labute approximate surface area is 198 Å². The highest BCUT2D eigenvalue weighted by Crippen LogP contribution is 1.98. The molecule has 0 aliphatic rings. The summed E-state index contributed by atoms with van der Waals surface area (Å²) in [6.45, 7) is 9.93. The van der Waals surface area contributed by atoms with Crippen LogP contribution >= 0.6 is 0 Å². The Morgan fingerprint density at radius 3 is 0.706 bits per heavy atom. The molecule has 0 amide bonds. The van der Waals surface area contributed by atoms with Gasteiger partial charge in [0.1, 0.15) is 32.2 Å². The lowest BCUT2D eigenvalue weighted by Crippen LogP contribution is -2.29. The molecule has 0 saturated carbocycles. The zero-order chi connectivity index (χ0) is 27.3. The molecular weight excluding hydrogens is 460 g/mol. The Hall–Kier alpha value is -3.51. The van der Waals surface area contributed by atoms with Crippen molar-refractivity contribution in [3.8, 4) is 0 Å². The number of hydrogen-bond acceptors (Lipinski definition) is 13. The number of esters is 6. The van der Waals surface area contributed by atoms with Gasteiger partial charge < -0.3 is 33.2 Å². The fraction of sp³-hybridized carbons (Fsp3) is 0.667. The van der Waals surface area contributed by atoms with Gasteiger partial charge in [-0.05, 0) is 13.8 Å². The van der Waals surface area contributed by atoms with Crippen molar-refractivity contribution in [3.63, 3.8) is 0 Å². The highest BCUT2D eigenvalue weighted by molar-refractivity contribution is 5.72. The van der Waals surface area contributed by atoms with Crippen molar-refractivity contribution in [1.82, 2.24) is 0 Å². The van der Waals surface area contributed by atoms with Gasteiger partial charge in [0.15, 0.2) is 12.2 Å². The molecule has 0 bridgehead atoms. The van der Waals surface area contributed by atoms with Crippen molar-refractivity contribution in [2.75, 3.05) is 26.4 Å². The van der Waals surface area contributed by atoms with Gasteiger partial charge in [-0.1, -0.05) is 0 Å². The van der Waals surface area contributed by atoms with E-state index < -0.39 is 48.0 Å². The number of carbonyl (C=O) groups excluding carboxylic acids is 7. The van der Waals surface area contributed by atoms with Gasteiger partial charge in [0.25, 0.3) is 0 Å². The fourth-order valence-electron chi connectivity index (χ4n) is 1.54. The lowest BCUT2D eigenvalue weighted by atomic mass is 10.4. The molecule has 0 aromatic carbocycles. The normalized spacial score (nSPS) is 9.24. The summed E-state index contributed by atoms with van der Waals surface area (Å²) >= 11 is 0. The van der Waals surface area contributed by atoms with Crippen molar-refractivity contribution in [2.45, 2.75) is 67.6 Å². The standard InChI is InChI=1S/2C9H14O6.C3H6O/c2*1-6(10)13-4-9(15-8(3)12)5-14-7(2)11;1-3(2)4/h2*9H,4-5H2,1-3H3;1-2H3. The highest BCUT2D eigenvalue weighted by Gasteiger charge is 2.16. The van der Waals surface area contributed by atoms with Crippen molar-refractivity contribution in [1.29, 1.82) is 0 Å². The van der Waals surface area contributed by atoms with Crippen molar-refractivity contribution in [3.05, 3.63) is 0 Å². The molecule has 0 aliphatic heterocycles. The van der Waals surface area contributed by atoms with Gasteiger partial charge in [0.2, 0.25) is 0 Å². The van der Waals surface area contributed by atoms with Crippen molar-refractivity contribution < 1.29 is 62.0 Å². The second-order valence-corrected chi connectivity index (χ2v) is 6.58. The first-order valence-corrected chi connectivity index (χ1v) is 9.91. The monoisotopic (exact) mass is 494 g/mol. The number of ketones is 1. The fourth-order valence-corrected chi connectivity index (χ4v) is 1.54. The van der Waals surface area contributed by atoms with Crippen molar-refractivity contribution >= 4 is 41.6 Å². The Kier molecular flexibility index (Phi) is 22.0. The molecule has 0 spiro atoms. The molecule has 13 nitrogen and oxygen atoms in total. The number of Topliss-reactive ketones (excluding diaryl/α,β-unsaturated/α-hetero) is 1. The zero-order valence-corrected chi connectivity index (χ0v) is 20.8. The highest BCUT2D eigenvalue weighted by atomic mass is 16.6. The van der Waals surface area contributed by atoms with Crippen LogP contribution in [-0.4, -0.2) is 80.2 Å². The third-order valence-electron chi connectivity index (χ3n) is 2.56. The molecule has 196 valence electrons. The van der Waals surface area contributed by atoms with E-state index in [0.717, 1.165) is 0 Å². The molecule has 0 unspecified atom stereocenters. The summed E-state index contributed by atoms with van der Waals surface area (Å²) < 4.78 is 28.0. The average molecular weight is 494 g/mol. The van der Waals surface area contributed by atoms with E-state index in [0.29, 0.717) is 0 Å². The molecule has 0 atom stereocenters. The predicted molar refractivity (Wildman–Crippen MR) is 114 cm³/mol. The minimum Gasteiger partial charge on any atom is -0.462 e. The molecule has 0 aromatic heterocycles. The molecule has 13 heteroatoms. The molecule has 0 fully saturated rings. The largest absolute Gasteiger partial charge is 0.462 e. The number of ether oxygens (including phenoxy) is 6. The quantitative estimate of drug-likeness (QED) is 0.306. The van der Waals surface area contributed by atoms with Gasteiger partial charge in [-0.2, -0.15) is 0 Å². The van der Waals surface area contributed by atoms with Crippen LogP contribution in [0.4, 0.5) is 0 Å². The number of carbonyl (C=O) groups is 7. The third-order valence-corrected chi connectivity index (χ3v) is 2.56. The minimum atomic E-state index is -0.754. The summed E-state index contributed by atoms with van der Waals surface area (Å²) in [5.74, 6) is -2.85. The van der Waals surface area contributed by atoms with Gasteiger partial charge in [-0.15, -0.1) is 0 Å². The van der Waals surface area contributed by atoms with Crippen LogP contribution in [-0.2, 0) is 62.0 Å². The number of hydrogen-bond donors (Lipinski definition) is 0. The zero-order valence-electron chi connectivity index (χ0n) is 20.8. The molecule has 0 N–H and O–H groups in total. The van der Waals surface area contributed by atoms with Crippen LogP contribution in [0.3, 0.4) is 0 Å². The minimum absolute atomic E-state index is 0.123. The van der Waals surface area contributed by atoms with Crippen LogP contribution in [0.2, 0.25) is 0 Å². The summed E-state index contributed by atoms with van der Waals surface area (Å²) in [5.41, 5.74) is 0. The van der Waals surface area contributed by atoms with E-state index >= 15 is 0 Å². The summed E-state index contributed by atoms with van der Waals surface area (Å²) in [7, 11) is 0. The first-order valence-electron chi connectivity index (χ1n) is 9.91. The third kappa shape index (κ3) is 35.9. The van der Waals surface area contributed by atoms with Crippen LogP contribution in [0.5, 0.6) is 0 Å². The first-order chi connectivity index (χ1) is 15.6. The number of rotatable bonds is 10. The lowest BCUT2D eigenvalue weighted by Gasteiger charge is -2.15. The van der Waals surface area contributed by atoms with Crippen LogP contribution in [0.15, 0.2) is 0 Å². The van der Waals surface area contributed by atoms with Gasteiger partial charge in [0, 0.05) is 41.5 Å². The van der Waals surface area contributed by atoms with Gasteiger partial charge in [-0.25, -0.2) is 0 Å². The van der Waals surface area contributed by atoms with Crippen LogP contribution in [0.25, 0.3) is 0 Å². The molecule has 0 saturated heterocycles. The summed E-state index contributed by atoms with van der Waals surface area (Å²) in [6.07, 6.45) is -1.51. The molecule has 0 radical (unpaired) electrons. The maximum Gasteiger partial charge on any atom is 0.303 e. The summed E-state index contributed by atoms with van der Waals surface area (Å²) in [4.78, 5) is 72.7. The molecule has 0 aliphatic carbocycles. The Bertz CT molecular complexity index is 592. The smallest absolute Gasteiger partial charge is 0.303 e. The molecule has 0 heterocycles. The average Bonchev–Trinajstić information content (AvgIpc) is 2.65. The van der Waals surface area contributed by atoms with E-state index in [1.165, 1.54) is 55.4 Å². The van der Waals surface area contributed by atoms with E-state index in [-0.39, 0.29) is 32.2 Å². The van der Waals surface area contributed by atoms with Gasteiger partial charge in [0.05, 0.1) is 0 Å². The molecule has 0 rings (SSSR count). The van der Waals surface area contributed by atoms with Crippen LogP contribution < -0.4 is 0 Å². The van der Waals surface area contributed by atoms with E-state index in [9.17, 15) is 33.6 Å². The van der Waals surface area contributed by atoms with E-state index in [2.05, 4.69) is 18.9 Å². The SMILES string of the molecule is CC(=O)OCC(COC(C)=O)OC(C)=O.CC(=O)OCC(COC(C)=O)OC(C)=O.CC(C)=O. The summed E-state index contributed by atoms with van der Waals surface area (Å²) in [6, 6.07) is 0. The van der Waals surface area contributed by atoms with Crippen molar-refractivity contribution in [2.24, 2.45) is 0 Å². The van der Waals surface area contributed by atoms with E-state index in [4.69, 9.17) is 9.47 Å². The summed E-state index contributed by atoms with van der Waals surface area (Å²) in [5, 5.41) is 0. The lowest BCUT2D eigenvalue weighted by molar-refractivity contribution is -0.163. The second kappa shape index (κ2) is 21.3. The first kappa shape index (κ1) is 35.1. The second-order valence-electron chi connectivity index (χ2n) is 6.58. The predicted octanol–water partition coefficient (Wildman–Crippen LogP) is 0.684. The van der Waals surface area contributed by atoms with E-state index in [1.54, 1.807) is 0 Å². The maximum absolute atomic E-state index is 10.6.